The highest BCUT2D eigenvalue weighted by Gasteiger charge is 1.98. The first kappa shape index (κ1) is 10.2. The SMILES string of the molecule is Cc1cc(Cl)nc(NCCCO)n1. The molecule has 0 aromatic carbocycles. The van der Waals surface area contributed by atoms with E-state index in [-0.39, 0.29) is 6.61 Å². The average molecular weight is 202 g/mol. The summed E-state index contributed by atoms with van der Waals surface area (Å²) >= 11 is 5.72. The molecule has 1 rings (SSSR count). The number of hydrogen-bond acceptors (Lipinski definition) is 4. The van der Waals surface area contributed by atoms with E-state index in [1.54, 1.807) is 6.07 Å². The summed E-state index contributed by atoms with van der Waals surface area (Å²) < 4.78 is 0. The van der Waals surface area contributed by atoms with Crippen LogP contribution in [0.2, 0.25) is 5.15 Å². The highest BCUT2D eigenvalue weighted by molar-refractivity contribution is 6.29. The van der Waals surface area contributed by atoms with E-state index in [2.05, 4.69) is 15.3 Å². The summed E-state index contributed by atoms with van der Waals surface area (Å²) in [6.45, 7) is 2.66. The number of nitrogens with zero attached hydrogens (tertiary/aromatic N) is 2. The van der Waals surface area contributed by atoms with E-state index < -0.39 is 0 Å². The summed E-state index contributed by atoms with van der Waals surface area (Å²) in [6, 6.07) is 1.69. The van der Waals surface area contributed by atoms with Gasteiger partial charge in [-0.25, -0.2) is 9.97 Å². The van der Waals surface area contributed by atoms with Gasteiger partial charge in [-0.05, 0) is 19.4 Å². The van der Waals surface area contributed by atoms with Crippen LogP contribution < -0.4 is 5.32 Å². The number of aliphatic hydroxyl groups excluding tert-OH is 1. The second-order valence-corrected chi connectivity index (χ2v) is 3.05. The van der Waals surface area contributed by atoms with Gasteiger partial charge >= 0.3 is 0 Å². The molecule has 0 saturated heterocycles. The van der Waals surface area contributed by atoms with Crippen LogP contribution in [0.4, 0.5) is 5.95 Å². The number of anilines is 1. The lowest BCUT2D eigenvalue weighted by molar-refractivity contribution is 0.292. The molecule has 0 radical (unpaired) electrons. The molecule has 13 heavy (non-hydrogen) atoms. The zero-order valence-corrected chi connectivity index (χ0v) is 8.17. The number of rotatable bonds is 4. The third-order valence-electron chi connectivity index (χ3n) is 1.44. The zero-order valence-electron chi connectivity index (χ0n) is 7.42. The first-order valence-electron chi connectivity index (χ1n) is 4.08. The predicted octanol–water partition coefficient (Wildman–Crippen LogP) is 1.23. The molecule has 0 aliphatic rings. The van der Waals surface area contributed by atoms with Crippen LogP contribution >= 0.6 is 11.6 Å². The van der Waals surface area contributed by atoms with E-state index in [0.717, 1.165) is 5.69 Å². The van der Waals surface area contributed by atoms with Gasteiger partial charge in [-0.15, -0.1) is 0 Å². The number of aryl methyl sites for hydroxylation is 1. The van der Waals surface area contributed by atoms with Crippen molar-refractivity contribution in [3.05, 3.63) is 16.9 Å². The maximum absolute atomic E-state index is 8.55. The maximum atomic E-state index is 8.55. The van der Waals surface area contributed by atoms with E-state index in [4.69, 9.17) is 16.7 Å². The first-order valence-corrected chi connectivity index (χ1v) is 4.46. The highest BCUT2D eigenvalue weighted by atomic mass is 35.5. The Morgan fingerprint density at radius 1 is 1.54 bits per heavy atom. The molecule has 0 aliphatic carbocycles. The van der Waals surface area contributed by atoms with Crippen molar-refractivity contribution in [2.75, 3.05) is 18.5 Å². The van der Waals surface area contributed by atoms with E-state index in [0.29, 0.717) is 24.1 Å². The Balaban J connectivity index is 2.56. The molecule has 1 aromatic rings. The van der Waals surface area contributed by atoms with Crippen LogP contribution in [-0.4, -0.2) is 28.2 Å². The smallest absolute Gasteiger partial charge is 0.224 e. The summed E-state index contributed by atoms with van der Waals surface area (Å²) in [4.78, 5) is 8.08. The molecule has 1 heterocycles. The van der Waals surface area contributed by atoms with Gasteiger partial charge in [-0.2, -0.15) is 0 Å². The summed E-state index contributed by atoms with van der Waals surface area (Å²) in [7, 11) is 0. The number of hydrogen-bond donors (Lipinski definition) is 2. The van der Waals surface area contributed by atoms with Crippen molar-refractivity contribution in [3.63, 3.8) is 0 Å². The quantitative estimate of drug-likeness (QED) is 0.569. The normalized spacial score (nSPS) is 10.1. The molecule has 0 unspecified atom stereocenters. The Morgan fingerprint density at radius 3 is 2.92 bits per heavy atom. The Morgan fingerprint density at radius 2 is 2.31 bits per heavy atom. The first-order chi connectivity index (χ1) is 6.22. The fourth-order valence-electron chi connectivity index (χ4n) is 0.888. The molecule has 0 spiro atoms. The minimum absolute atomic E-state index is 0.159. The van der Waals surface area contributed by atoms with E-state index in [1.807, 2.05) is 6.92 Å². The zero-order chi connectivity index (χ0) is 9.68. The van der Waals surface area contributed by atoms with Gasteiger partial charge in [0.1, 0.15) is 5.15 Å². The monoisotopic (exact) mass is 201 g/mol. The lowest BCUT2D eigenvalue weighted by Gasteiger charge is -2.03. The van der Waals surface area contributed by atoms with Gasteiger partial charge in [0.15, 0.2) is 0 Å². The molecular formula is C8H12ClN3O. The van der Waals surface area contributed by atoms with Gasteiger partial charge in [-0.3, -0.25) is 0 Å². The van der Waals surface area contributed by atoms with Gasteiger partial charge in [0.25, 0.3) is 0 Å². The van der Waals surface area contributed by atoms with Gasteiger partial charge in [0.05, 0.1) is 0 Å². The molecule has 0 saturated carbocycles. The minimum Gasteiger partial charge on any atom is -0.396 e. The summed E-state index contributed by atoms with van der Waals surface area (Å²) in [5.41, 5.74) is 0.825. The van der Waals surface area contributed by atoms with Crippen molar-refractivity contribution < 1.29 is 5.11 Å². The van der Waals surface area contributed by atoms with Crippen molar-refractivity contribution in [1.82, 2.24) is 9.97 Å². The van der Waals surface area contributed by atoms with Gasteiger partial charge < -0.3 is 10.4 Å². The second-order valence-electron chi connectivity index (χ2n) is 2.66. The molecule has 72 valence electrons. The lowest BCUT2D eigenvalue weighted by atomic mass is 10.4. The van der Waals surface area contributed by atoms with Crippen LogP contribution in [-0.2, 0) is 0 Å². The molecule has 0 atom stereocenters. The molecule has 4 nitrogen and oxygen atoms in total. The van der Waals surface area contributed by atoms with Gasteiger partial charge in [0.2, 0.25) is 5.95 Å². The molecule has 5 heteroatoms. The number of aromatic nitrogens is 2. The number of halogens is 1. The number of aliphatic hydroxyl groups is 1. The van der Waals surface area contributed by atoms with Crippen molar-refractivity contribution in [3.8, 4) is 0 Å². The Hall–Kier alpha value is -0.870. The van der Waals surface area contributed by atoms with E-state index in [1.165, 1.54) is 0 Å². The Bertz CT molecular complexity index is 260. The molecule has 0 amide bonds. The topological polar surface area (TPSA) is 58.0 Å². The van der Waals surface area contributed by atoms with Gasteiger partial charge in [-0.1, -0.05) is 11.6 Å². The van der Waals surface area contributed by atoms with Gasteiger partial charge in [0, 0.05) is 18.8 Å². The summed E-state index contributed by atoms with van der Waals surface area (Å²) in [6.07, 6.45) is 0.676. The van der Waals surface area contributed by atoms with Crippen LogP contribution in [0.5, 0.6) is 0 Å². The Labute approximate surface area is 82.0 Å². The fourth-order valence-corrected chi connectivity index (χ4v) is 1.13. The molecule has 0 fully saturated rings. The Kier molecular flexibility index (Phi) is 3.92. The molecule has 0 bridgehead atoms. The lowest BCUT2D eigenvalue weighted by Crippen LogP contribution is -2.07. The van der Waals surface area contributed by atoms with E-state index >= 15 is 0 Å². The maximum Gasteiger partial charge on any atom is 0.224 e. The molecule has 0 aliphatic heterocycles. The molecule has 2 N–H and O–H groups in total. The summed E-state index contributed by atoms with van der Waals surface area (Å²) in [5, 5.41) is 11.9. The third kappa shape index (κ3) is 3.57. The largest absolute Gasteiger partial charge is 0.396 e. The van der Waals surface area contributed by atoms with Crippen molar-refractivity contribution in [2.45, 2.75) is 13.3 Å². The second kappa shape index (κ2) is 4.99. The third-order valence-corrected chi connectivity index (χ3v) is 1.63. The summed E-state index contributed by atoms with van der Waals surface area (Å²) in [5.74, 6) is 0.512. The number of nitrogens with one attached hydrogen (secondary N) is 1. The highest BCUT2D eigenvalue weighted by Crippen LogP contribution is 2.09. The molecular weight excluding hydrogens is 190 g/mol. The standard InChI is InChI=1S/C8H12ClN3O/c1-6-5-7(9)12-8(11-6)10-3-2-4-13/h5,13H,2-4H2,1H3,(H,10,11,12). The van der Waals surface area contributed by atoms with Crippen LogP contribution in [0.25, 0.3) is 0 Å². The van der Waals surface area contributed by atoms with Crippen LogP contribution in [0.15, 0.2) is 6.07 Å². The van der Waals surface area contributed by atoms with Crippen LogP contribution in [0.1, 0.15) is 12.1 Å². The fraction of sp³-hybridized carbons (Fsp3) is 0.500. The molecule has 1 aromatic heterocycles. The van der Waals surface area contributed by atoms with Crippen LogP contribution in [0, 0.1) is 6.92 Å². The average Bonchev–Trinajstić information content (AvgIpc) is 2.03. The predicted molar refractivity (Wildman–Crippen MR) is 52.0 cm³/mol. The van der Waals surface area contributed by atoms with Crippen molar-refractivity contribution in [2.24, 2.45) is 0 Å². The van der Waals surface area contributed by atoms with Crippen molar-refractivity contribution in [1.29, 1.82) is 0 Å². The van der Waals surface area contributed by atoms with Crippen LogP contribution in [0.3, 0.4) is 0 Å². The van der Waals surface area contributed by atoms with Crippen molar-refractivity contribution >= 4 is 17.5 Å². The van der Waals surface area contributed by atoms with E-state index in [9.17, 15) is 0 Å². The minimum atomic E-state index is 0.159.